The molecule has 0 saturated heterocycles. The fourth-order valence-electron chi connectivity index (χ4n) is 9.98. The van der Waals surface area contributed by atoms with Crippen LogP contribution in [0.3, 0.4) is 0 Å². The molecule has 2 heteroatoms. The summed E-state index contributed by atoms with van der Waals surface area (Å²) in [7, 11) is 0. The van der Waals surface area contributed by atoms with Crippen LogP contribution in [0.25, 0.3) is 43.8 Å². The number of anilines is 6. The van der Waals surface area contributed by atoms with Crippen LogP contribution in [0, 0.1) is 13.8 Å². The van der Waals surface area contributed by atoms with Crippen LogP contribution in [0.5, 0.6) is 0 Å². The molecule has 2 nitrogen and oxygen atoms in total. The number of rotatable bonds is 11. The van der Waals surface area contributed by atoms with Crippen molar-refractivity contribution in [3.8, 4) is 22.3 Å². The summed E-state index contributed by atoms with van der Waals surface area (Å²) < 4.78 is 0. The van der Waals surface area contributed by atoms with E-state index in [1.807, 2.05) is 0 Å². The van der Waals surface area contributed by atoms with E-state index in [-0.39, 0.29) is 5.92 Å². The first-order valence-corrected chi connectivity index (χ1v) is 23.2. The van der Waals surface area contributed by atoms with Crippen molar-refractivity contribution in [2.45, 2.75) is 19.8 Å². The highest BCUT2D eigenvalue weighted by Gasteiger charge is 2.22. The van der Waals surface area contributed by atoms with Crippen LogP contribution in [0.4, 0.5) is 34.1 Å². The van der Waals surface area contributed by atoms with Gasteiger partial charge in [0, 0.05) is 39.7 Å². The zero-order valence-electron chi connectivity index (χ0n) is 37.8. The van der Waals surface area contributed by atoms with Crippen molar-refractivity contribution < 1.29 is 0 Å². The van der Waals surface area contributed by atoms with Gasteiger partial charge < -0.3 is 9.80 Å². The predicted octanol–water partition coefficient (Wildman–Crippen LogP) is 18.1. The molecule has 11 aromatic carbocycles. The summed E-state index contributed by atoms with van der Waals surface area (Å²) in [5.41, 5.74) is 17.9. The summed E-state index contributed by atoms with van der Waals surface area (Å²) in [5.74, 6) is 0.111. The highest BCUT2D eigenvalue weighted by atomic mass is 15.1. The maximum atomic E-state index is 2.37. The normalized spacial score (nSPS) is 11.7. The minimum Gasteiger partial charge on any atom is -0.311 e. The second-order valence-corrected chi connectivity index (χ2v) is 17.5. The van der Waals surface area contributed by atoms with Gasteiger partial charge in [-0.15, -0.1) is 0 Å². The number of para-hydroxylation sites is 2. The maximum absolute atomic E-state index is 2.37. The lowest BCUT2D eigenvalue weighted by Crippen LogP contribution is -2.10. The Morgan fingerprint density at radius 1 is 0.284 bits per heavy atom. The summed E-state index contributed by atoms with van der Waals surface area (Å²) in [6.45, 7) is 4.33. The van der Waals surface area contributed by atoms with Gasteiger partial charge in [0.15, 0.2) is 0 Å². The molecule has 0 heterocycles. The van der Waals surface area contributed by atoms with Crippen LogP contribution in [-0.4, -0.2) is 0 Å². The van der Waals surface area contributed by atoms with E-state index in [0.29, 0.717) is 0 Å². The number of fused-ring (bicyclic) bond motifs is 2. The average molecular weight is 859 g/mol. The molecule has 0 aromatic heterocycles. The summed E-state index contributed by atoms with van der Waals surface area (Å²) in [6.07, 6.45) is 0. The Morgan fingerprint density at radius 2 is 0.716 bits per heavy atom. The molecule has 0 bridgehead atoms. The third-order valence-corrected chi connectivity index (χ3v) is 13.1. The largest absolute Gasteiger partial charge is 0.311 e. The molecule has 11 aromatic rings. The van der Waals surface area contributed by atoms with Crippen molar-refractivity contribution in [2.24, 2.45) is 0 Å². The van der Waals surface area contributed by atoms with E-state index in [0.717, 1.165) is 34.1 Å². The molecule has 0 saturated carbocycles. The smallest absolute Gasteiger partial charge is 0.0540 e. The van der Waals surface area contributed by atoms with Crippen molar-refractivity contribution in [3.05, 3.63) is 289 Å². The summed E-state index contributed by atoms with van der Waals surface area (Å²) in [5, 5.41) is 4.93. The maximum Gasteiger partial charge on any atom is 0.0540 e. The number of aryl methyl sites for hydroxylation is 2. The van der Waals surface area contributed by atoms with E-state index in [4.69, 9.17) is 0 Å². The topological polar surface area (TPSA) is 6.48 Å². The molecule has 320 valence electrons. The highest BCUT2D eigenvalue weighted by molar-refractivity contribution is 6.06. The molecular weight excluding hydrogens is 809 g/mol. The van der Waals surface area contributed by atoms with Gasteiger partial charge in [0.05, 0.1) is 5.69 Å². The first kappa shape index (κ1) is 41.3. The van der Waals surface area contributed by atoms with Gasteiger partial charge in [-0.2, -0.15) is 0 Å². The molecule has 67 heavy (non-hydrogen) atoms. The number of hydrogen-bond donors (Lipinski definition) is 0. The van der Waals surface area contributed by atoms with Gasteiger partial charge in [-0.3, -0.25) is 0 Å². The lowest BCUT2D eigenvalue weighted by molar-refractivity contribution is 0.986. The Labute approximate surface area is 394 Å². The van der Waals surface area contributed by atoms with Gasteiger partial charge in [-0.1, -0.05) is 200 Å². The van der Waals surface area contributed by atoms with Crippen LogP contribution >= 0.6 is 0 Å². The number of benzene rings is 11. The van der Waals surface area contributed by atoms with Crippen molar-refractivity contribution in [3.63, 3.8) is 0 Å². The molecule has 1 unspecified atom stereocenters. The lowest BCUT2D eigenvalue weighted by Gasteiger charge is -2.28. The van der Waals surface area contributed by atoms with E-state index in [9.17, 15) is 0 Å². The second kappa shape index (κ2) is 18.2. The Morgan fingerprint density at radius 3 is 1.30 bits per heavy atom. The van der Waals surface area contributed by atoms with Crippen LogP contribution in [0.2, 0.25) is 0 Å². The molecule has 0 amide bonds. The van der Waals surface area contributed by atoms with Crippen molar-refractivity contribution in [2.75, 3.05) is 9.80 Å². The summed E-state index contributed by atoms with van der Waals surface area (Å²) in [4.78, 5) is 4.72. The van der Waals surface area contributed by atoms with Crippen molar-refractivity contribution in [1.82, 2.24) is 0 Å². The second-order valence-electron chi connectivity index (χ2n) is 17.5. The van der Waals surface area contributed by atoms with E-state index in [1.54, 1.807) is 0 Å². The monoisotopic (exact) mass is 858 g/mol. The molecule has 0 radical (unpaired) electrons. The van der Waals surface area contributed by atoms with Crippen LogP contribution in [-0.2, 0) is 0 Å². The van der Waals surface area contributed by atoms with Crippen molar-refractivity contribution >= 4 is 55.7 Å². The Kier molecular flexibility index (Phi) is 11.2. The summed E-state index contributed by atoms with van der Waals surface area (Å²) >= 11 is 0. The van der Waals surface area contributed by atoms with Crippen LogP contribution in [0.15, 0.2) is 261 Å². The van der Waals surface area contributed by atoms with Gasteiger partial charge in [0.1, 0.15) is 0 Å². The molecule has 0 aliphatic heterocycles. The molecule has 0 aliphatic rings. The third kappa shape index (κ3) is 8.15. The summed E-state index contributed by atoms with van der Waals surface area (Å²) in [6, 6.07) is 95.0. The van der Waals surface area contributed by atoms with E-state index in [1.165, 1.54) is 71.6 Å². The first-order chi connectivity index (χ1) is 33.1. The third-order valence-electron chi connectivity index (χ3n) is 13.1. The Balaban J connectivity index is 0.946. The zero-order chi connectivity index (χ0) is 45.1. The molecule has 0 aliphatic carbocycles. The standard InChI is InChI=1S/C65H50N2/c1-46-18-16-22-51(44-46)65(50-20-6-3-7-21-50)63-41-40-57(59-28-12-13-30-61(59)63)48-32-36-54(37-33-48)66(52-23-8-4-9-24-52)55-38-34-49(35-39-55)58-42-43-64(62-31-15-14-29-60(58)62)67(53-25-10-5-11-26-53)56-27-17-19-47(2)45-56/h3-45,65H,1-2H3. The Hall–Kier alpha value is -8.46. The minimum absolute atomic E-state index is 0.111. The SMILES string of the molecule is Cc1cccc(C(c2ccccc2)c2ccc(-c3ccc(N(c4ccccc4)c4ccc(-c5ccc(N(c6ccccc6)c6cccc(C)c6)c6ccccc56)cc4)cc3)c3ccccc23)c1. The molecule has 0 spiro atoms. The molecule has 0 fully saturated rings. The molecule has 11 rings (SSSR count). The van der Waals surface area contributed by atoms with Crippen LogP contribution < -0.4 is 9.80 Å². The minimum atomic E-state index is 0.111. The Bertz CT molecular complexity index is 3250. The fraction of sp³-hybridized carbons (Fsp3) is 0.0462. The predicted molar refractivity (Wildman–Crippen MR) is 285 cm³/mol. The lowest BCUT2D eigenvalue weighted by atomic mass is 9.81. The van der Waals surface area contributed by atoms with Gasteiger partial charge in [0.2, 0.25) is 0 Å². The average Bonchev–Trinajstić information content (AvgIpc) is 3.38. The quantitative estimate of drug-likeness (QED) is 0.120. The van der Waals surface area contributed by atoms with Gasteiger partial charge in [-0.05, 0) is 141 Å². The van der Waals surface area contributed by atoms with Gasteiger partial charge in [-0.25, -0.2) is 0 Å². The van der Waals surface area contributed by atoms with E-state index >= 15 is 0 Å². The number of hydrogen-bond acceptors (Lipinski definition) is 2. The van der Waals surface area contributed by atoms with Gasteiger partial charge in [0.25, 0.3) is 0 Å². The van der Waals surface area contributed by atoms with Crippen molar-refractivity contribution in [1.29, 1.82) is 0 Å². The van der Waals surface area contributed by atoms with E-state index in [2.05, 4.69) is 285 Å². The molecule has 0 N–H and O–H groups in total. The van der Waals surface area contributed by atoms with Gasteiger partial charge >= 0.3 is 0 Å². The molecule has 1 atom stereocenters. The van der Waals surface area contributed by atoms with Crippen LogP contribution in [0.1, 0.15) is 33.7 Å². The highest BCUT2D eigenvalue weighted by Crippen LogP contribution is 2.44. The first-order valence-electron chi connectivity index (χ1n) is 23.2. The van der Waals surface area contributed by atoms with E-state index < -0.39 is 0 Å². The zero-order valence-corrected chi connectivity index (χ0v) is 37.8. The molecular formula is C65H50N2. The fourth-order valence-corrected chi connectivity index (χ4v) is 9.98. The number of nitrogens with zero attached hydrogens (tertiary/aromatic N) is 2.